The summed E-state index contributed by atoms with van der Waals surface area (Å²) in [5.74, 6) is -1.45. The quantitative estimate of drug-likeness (QED) is 0.426. The summed E-state index contributed by atoms with van der Waals surface area (Å²) in [7, 11) is 0. The molecule has 146 valence electrons. The first-order valence-corrected chi connectivity index (χ1v) is 9.92. The summed E-state index contributed by atoms with van der Waals surface area (Å²) < 4.78 is 18.1. The minimum atomic E-state index is -1.29. The van der Waals surface area contributed by atoms with Gasteiger partial charge in [0.1, 0.15) is 10.8 Å². The maximum absolute atomic E-state index is 13.6. The Kier molecular flexibility index (Phi) is 6.46. The first-order chi connectivity index (χ1) is 14.1. The molecule has 4 aromatic rings. The Bertz CT molecular complexity index is 1130. The summed E-state index contributed by atoms with van der Waals surface area (Å²) in [6.07, 6.45) is 0. The summed E-state index contributed by atoms with van der Waals surface area (Å²) >= 11 is 1.32. The molecule has 0 unspecified atom stereocenters. The van der Waals surface area contributed by atoms with Gasteiger partial charge in [0, 0.05) is 11.1 Å². The van der Waals surface area contributed by atoms with Crippen LogP contribution in [0.4, 0.5) is 4.39 Å². The molecule has 0 saturated carbocycles. The first-order valence-electron chi connectivity index (χ1n) is 9.14. The minimum Gasteiger partial charge on any atom is -0.478 e. The van der Waals surface area contributed by atoms with E-state index >= 15 is 0 Å². The molecule has 4 rings (SSSR count). The molecule has 1 N–H and O–H groups in total. The minimum absolute atomic E-state index is 0.351. The molecule has 0 aliphatic rings. The molecular weight excluding hydrogens is 387 g/mol. The van der Waals surface area contributed by atoms with Crippen LogP contribution in [0.15, 0.2) is 72.8 Å². The molecule has 6 heteroatoms. The highest BCUT2D eigenvalue weighted by atomic mass is 32.1. The smallest absolute Gasteiger partial charge is 0.338 e. The van der Waals surface area contributed by atoms with Crippen molar-refractivity contribution in [1.29, 1.82) is 0 Å². The van der Waals surface area contributed by atoms with E-state index in [1.54, 1.807) is 6.07 Å². The Morgan fingerprint density at radius 2 is 1.52 bits per heavy atom. The molecule has 0 atom stereocenters. The van der Waals surface area contributed by atoms with Crippen molar-refractivity contribution in [3.63, 3.8) is 0 Å². The maximum Gasteiger partial charge on any atom is 0.338 e. The lowest BCUT2D eigenvalue weighted by molar-refractivity contribution is 0.0692. The lowest BCUT2D eigenvalue weighted by atomic mass is 10.0. The van der Waals surface area contributed by atoms with E-state index in [0.29, 0.717) is 11.4 Å². The van der Waals surface area contributed by atoms with Crippen LogP contribution in [0.5, 0.6) is 0 Å². The standard InChI is InChI=1S/C21H13FN2O2S.C2H6/c22-18-10-9-15(12-17(18)21(25)26)14-7-4-8-16(11-14)19-23-20(27-24-19)13-5-2-1-3-6-13;1-2/h1-12H,(H,25,26);1-2H3. The molecule has 0 amide bonds. The van der Waals surface area contributed by atoms with E-state index in [1.807, 2.05) is 68.4 Å². The van der Waals surface area contributed by atoms with Gasteiger partial charge in [-0.1, -0.05) is 68.4 Å². The summed E-state index contributed by atoms with van der Waals surface area (Å²) in [5, 5.41) is 9.95. The highest BCUT2D eigenvalue weighted by molar-refractivity contribution is 7.09. The van der Waals surface area contributed by atoms with Crippen LogP contribution in [0.3, 0.4) is 0 Å². The predicted molar refractivity (Wildman–Crippen MR) is 114 cm³/mol. The fourth-order valence-electron chi connectivity index (χ4n) is 2.75. The average molecular weight is 406 g/mol. The molecule has 0 radical (unpaired) electrons. The monoisotopic (exact) mass is 406 g/mol. The van der Waals surface area contributed by atoms with Crippen molar-refractivity contribution >= 4 is 17.5 Å². The Morgan fingerprint density at radius 3 is 2.24 bits per heavy atom. The molecule has 0 saturated heterocycles. The van der Waals surface area contributed by atoms with Gasteiger partial charge in [-0.05, 0) is 40.9 Å². The van der Waals surface area contributed by atoms with Crippen molar-refractivity contribution < 1.29 is 14.3 Å². The zero-order valence-corrected chi connectivity index (χ0v) is 16.8. The molecule has 0 aliphatic heterocycles. The maximum atomic E-state index is 13.6. The third kappa shape index (κ3) is 4.55. The summed E-state index contributed by atoms with van der Waals surface area (Å²) in [6.45, 7) is 4.00. The molecule has 0 fully saturated rings. The summed E-state index contributed by atoms with van der Waals surface area (Å²) in [6, 6.07) is 21.3. The van der Waals surface area contributed by atoms with Gasteiger partial charge in [-0.3, -0.25) is 0 Å². The summed E-state index contributed by atoms with van der Waals surface area (Å²) in [4.78, 5) is 15.8. The van der Waals surface area contributed by atoms with Gasteiger partial charge in [0.05, 0.1) is 5.56 Å². The number of benzene rings is 3. The van der Waals surface area contributed by atoms with Gasteiger partial charge >= 0.3 is 5.97 Å². The Hall–Kier alpha value is -3.38. The highest BCUT2D eigenvalue weighted by Crippen LogP contribution is 2.29. The largest absolute Gasteiger partial charge is 0.478 e. The third-order valence-corrected chi connectivity index (χ3v) is 4.86. The molecule has 3 aromatic carbocycles. The van der Waals surface area contributed by atoms with E-state index < -0.39 is 11.8 Å². The number of carboxylic acids is 1. The average Bonchev–Trinajstić information content (AvgIpc) is 3.26. The van der Waals surface area contributed by atoms with Crippen LogP contribution in [0.1, 0.15) is 24.2 Å². The van der Waals surface area contributed by atoms with Crippen molar-refractivity contribution in [3.8, 4) is 33.1 Å². The first kappa shape index (κ1) is 20.4. The Morgan fingerprint density at radius 1 is 0.862 bits per heavy atom. The Balaban J connectivity index is 0.00000117. The predicted octanol–water partition coefficient (Wildman–Crippen LogP) is 6.40. The van der Waals surface area contributed by atoms with Crippen LogP contribution >= 0.6 is 11.5 Å². The molecule has 1 aromatic heterocycles. The Labute approximate surface area is 172 Å². The number of hydrogen-bond acceptors (Lipinski definition) is 4. The van der Waals surface area contributed by atoms with E-state index in [2.05, 4.69) is 9.36 Å². The normalized spacial score (nSPS) is 10.2. The SMILES string of the molecule is CC.O=C(O)c1cc(-c2cccc(-c3nsc(-c4ccccc4)n3)c2)ccc1F. The molecule has 4 nitrogen and oxygen atoms in total. The van der Waals surface area contributed by atoms with Gasteiger partial charge in [-0.15, -0.1) is 0 Å². The number of halogens is 1. The summed E-state index contributed by atoms with van der Waals surface area (Å²) in [5.41, 5.74) is 2.85. The lowest BCUT2D eigenvalue weighted by Crippen LogP contribution is -2.00. The van der Waals surface area contributed by atoms with E-state index in [4.69, 9.17) is 5.11 Å². The van der Waals surface area contributed by atoms with Crippen molar-refractivity contribution in [3.05, 3.63) is 84.2 Å². The van der Waals surface area contributed by atoms with E-state index in [1.165, 1.54) is 23.7 Å². The molecule has 0 aliphatic carbocycles. The van der Waals surface area contributed by atoms with Gasteiger partial charge in [-0.2, -0.15) is 4.37 Å². The topological polar surface area (TPSA) is 63.1 Å². The lowest BCUT2D eigenvalue weighted by Gasteiger charge is -2.06. The number of aromatic carboxylic acids is 1. The molecule has 0 bridgehead atoms. The number of hydrogen-bond donors (Lipinski definition) is 1. The van der Waals surface area contributed by atoms with Crippen molar-refractivity contribution in [2.45, 2.75) is 13.8 Å². The van der Waals surface area contributed by atoms with Crippen LogP contribution in [0, 0.1) is 5.82 Å². The van der Waals surface area contributed by atoms with Crippen LogP contribution in [-0.2, 0) is 0 Å². The number of carbonyl (C=O) groups is 1. The van der Waals surface area contributed by atoms with Gasteiger partial charge < -0.3 is 5.11 Å². The van der Waals surface area contributed by atoms with Crippen molar-refractivity contribution in [2.75, 3.05) is 0 Å². The second-order valence-corrected chi connectivity index (χ2v) is 6.62. The van der Waals surface area contributed by atoms with Gasteiger partial charge in [-0.25, -0.2) is 14.2 Å². The molecule has 0 spiro atoms. The molecule has 1 heterocycles. The third-order valence-electron chi connectivity index (χ3n) is 4.10. The molecular formula is C23H19FN2O2S. The van der Waals surface area contributed by atoms with Crippen LogP contribution < -0.4 is 0 Å². The van der Waals surface area contributed by atoms with Gasteiger partial charge in [0.2, 0.25) is 0 Å². The number of aromatic nitrogens is 2. The van der Waals surface area contributed by atoms with E-state index in [9.17, 15) is 9.18 Å². The second-order valence-electron chi connectivity index (χ2n) is 5.87. The van der Waals surface area contributed by atoms with E-state index in [0.717, 1.165) is 21.7 Å². The van der Waals surface area contributed by atoms with Crippen LogP contribution in [-0.4, -0.2) is 20.4 Å². The van der Waals surface area contributed by atoms with E-state index in [-0.39, 0.29) is 5.56 Å². The van der Waals surface area contributed by atoms with Gasteiger partial charge in [0.25, 0.3) is 0 Å². The van der Waals surface area contributed by atoms with Gasteiger partial charge in [0.15, 0.2) is 5.82 Å². The van der Waals surface area contributed by atoms with Crippen molar-refractivity contribution in [2.24, 2.45) is 0 Å². The fraction of sp³-hybridized carbons (Fsp3) is 0.0870. The molecule has 29 heavy (non-hydrogen) atoms. The van der Waals surface area contributed by atoms with Crippen molar-refractivity contribution in [1.82, 2.24) is 9.36 Å². The number of rotatable bonds is 4. The second kappa shape index (κ2) is 9.21. The van der Waals surface area contributed by atoms with Crippen LogP contribution in [0.2, 0.25) is 0 Å². The zero-order valence-electron chi connectivity index (χ0n) is 16.0. The zero-order chi connectivity index (χ0) is 20.8. The number of nitrogens with zero attached hydrogens (tertiary/aromatic N) is 2. The highest BCUT2D eigenvalue weighted by Gasteiger charge is 2.13. The fourth-order valence-corrected chi connectivity index (χ4v) is 3.43. The number of carboxylic acid groups (broad SMARTS) is 1. The van der Waals surface area contributed by atoms with Crippen LogP contribution in [0.25, 0.3) is 33.1 Å².